The summed E-state index contributed by atoms with van der Waals surface area (Å²) in [6.45, 7) is 1.94. The highest BCUT2D eigenvalue weighted by molar-refractivity contribution is 5.97. The normalized spacial score (nSPS) is 18.2. The summed E-state index contributed by atoms with van der Waals surface area (Å²) in [6, 6.07) is 6.87. The molecule has 5 heteroatoms. The van der Waals surface area contributed by atoms with E-state index in [4.69, 9.17) is 0 Å². The first-order valence-corrected chi connectivity index (χ1v) is 7.39. The summed E-state index contributed by atoms with van der Waals surface area (Å²) in [4.78, 5) is 23.6. The zero-order chi connectivity index (χ0) is 14.8. The number of hydrogen-bond donors (Lipinski definition) is 2. The summed E-state index contributed by atoms with van der Waals surface area (Å²) < 4.78 is 0. The van der Waals surface area contributed by atoms with Crippen LogP contribution in [0.2, 0.25) is 0 Å². The van der Waals surface area contributed by atoms with E-state index in [1.54, 1.807) is 24.3 Å². The van der Waals surface area contributed by atoms with E-state index in [-0.39, 0.29) is 17.7 Å². The standard InChI is InChI=1S/C16H19N3O2/c1-10(11-2-3-11)18-19-16(21)13-6-8-14(9-7-13)17-15(20)12-4-5-12/h6-9,11-12H,2-5H2,1H3,(H,17,20)(H,19,21)/b18-10+. The van der Waals surface area contributed by atoms with E-state index in [0.717, 1.165) is 24.2 Å². The molecular weight excluding hydrogens is 266 g/mol. The third kappa shape index (κ3) is 3.68. The van der Waals surface area contributed by atoms with Gasteiger partial charge in [0.25, 0.3) is 5.91 Å². The van der Waals surface area contributed by atoms with Gasteiger partial charge in [-0.3, -0.25) is 9.59 Å². The van der Waals surface area contributed by atoms with Crippen molar-refractivity contribution in [2.75, 3.05) is 5.32 Å². The number of nitrogens with zero attached hydrogens (tertiary/aromatic N) is 1. The molecule has 21 heavy (non-hydrogen) atoms. The first kappa shape index (κ1) is 13.8. The van der Waals surface area contributed by atoms with Crippen LogP contribution in [0.4, 0.5) is 5.69 Å². The van der Waals surface area contributed by atoms with Crippen molar-refractivity contribution in [2.45, 2.75) is 32.6 Å². The second kappa shape index (κ2) is 5.68. The van der Waals surface area contributed by atoms with Crippen LogP contribution in [0.5, 0.6) is 0 Å². The fourth-order valence-electron chi connectivity index (χ4n) is 2.09. The SMILES string of the molecule is C/C(=N\NC(=O)c1ccc(NC(=O)C2CC2)cc1)C1CC1. The van der Waals surface area contributed by atoms with Crippen molar-refractivity contribution in [1.29, 1.82) is 0 Å². The molecule has 2 amide bonds. The number of nitrogens with one attached hydrogen (secondary N) is 2. The number of carbonyl (C=O) groups excluding carboxylic acids is 2. The summed E-state index contributed by atoms with van der Waals surface area (Å²) in [5.41, 5.74) is 4.81. The molecule has 0 radical (unpaired) electrons. The smallest absolute Gasteiger partial charge is 0.271 e. The van der Waals surface area contributed by atoms with E-state index in [1.807, 2.05) is 6.92 Å². The molecule has 2 aliphatic rings. The molecule has 1 aromatic carbocycles. The summed E-state index contributed by atoms with van der Waals surface area (Å²) in [5, 5.41) is 6.96. The molecule has 0 spiro atoms. The second-order valence-corrected chi connectivity index (χ2v) is 5.81. The van der Waals surface area contributed by atoms with Crippen LogP contribution in [0.3, 0.4) is 0 Å². The minimum atomic E-state index is -0.227. The number of rotatable bonds is 5. The van der Waals surface area contributed by atoms with Crippen molar-refractivity contribution in [3.8, 4) is 0 Å². The van der Waals surface area contributed by atoms with Gasteiger partial charge in [0.05, 0.1) is 0 Å². The molecular formula is C16H19N3O2. The molecule has 1 aromatic rings. The van der Waals surface area contributed by atoms with Gasteiger partial charge in [0.15, 0.2) is 0 Å². The molecule has 0 bridgehead atoms. The molecule has 110 valence electrons. The Balaban J connectivity index is 1.56. The Morgan fingerprint density at radius 1 is 1.05 bits per heavy atom. The zero-order valence-corrected chi connectivity index (χ0v) is 12.1. The first-order chi connectivity index (χ1) is 10.1. The third-order valence-electron chi connectivity index (χ3n) is 3.86. The van der Waals surface area contributed by atoms with E-state index >= 15 is 0 Å². The Morgan fingerprint density at radius 3 is 2.24 bits per heavy atom. The molecule has 2 aliphatic carbocycles. The van der Waals surface area contributed by atoms with Gasteiger partial charge in [0.2, 0.25) is 5.91 Å². The molecule has 0 heterocycles. The quantitative estimate of drug-likeness (QED) is 0.644. The van der Waals surface area contributed by atoms with Crippen molar-refractivity contribution in [1.82, 2.24) is 5.43 Å². The maximum Gasteiger partial charge on any atom is 0.271 e. The van der Waals surface area contributed by atoms with Gasteiger partial charge in [-0.1, -0.05) is 0 Å². The number of anilines is 1. The first-order valence-electron chi connectivity index (χ1n) is 7.39. The lowest BCUT2D eigenvalue weighted by Gasteiger charge is -2.05. The van der Waals surface area contributed by atoms with E-state index in [1.165, 1.54) is 12.8 Å². The summed E-state index contributed by atoms with van der Waals surface area (Å²) in [6.07, 6.45) is 4.29. The van der Waals surface area contributed by atoms with E-state index < -0.39 is 0 Å². The van der Waals surface area contributed by atoms with Crippen LogP contribution in [-0.2, 0) is 4.79 Å². The van der Waals surface area contributed by atoms with Crippen LogP contribution in [0.1, 0.15) is 43.0 Å². The molecule has 3 rings (SSSR count). The van der Waals surface area contributed by atoms with Gasteiger partial charge in [-0.25, -0.2) is 5.43 Å². The van der Waals surface area contributed by atoms with Crippen LogP contribution in [-0.4, -0.2) is 17.5 Å². The molecule has 0 unspecified atom stereocenters. The van der Waals surface area contributed by atoms with Gasteiger partial charge in [-0.2, -0.15) is 5.10 Å². The average molecular weight is 285 g/mol. The number of amides is 2. The average Bonchev–Trinajstić information content (AvgIpc) is 3.37. The number of carbonyl (C=O) groups is 2. The lowest BCUT2D eigenvalue weighted by Crippen LogP contribution is -2.19. The molecule has 0 aromatic heterocycles. The van der Waals surface area contributed by atoms with Gasteiger partial charge >= 0.3 is 0 Å². The Morgan fingerprint density at radius 2 is 1.67 bits per heavy atom. The molecule has 2 saturated carbocycles. The largest absolute Gasteiger partial charge is 0.326 e. The van der Waals surface area contributed by atoms with E-state index in [2.05, 4.69) is 15.8 Å². The van der Waals surface area contributed by atoms with Gasteiger partial charge < -0.3 is 5.32 Å². The number of hydrogen-bond acceptors (Lipinski definition) is 3. The number of hydrazone groups is 1. The lowest BCUT2D eigenvalue weighted by molar-refractivity contribution is -0.117. The zero-order valence-electron chi connectivity index (χ0n) is 12.1. The van der Waals surface area contributed by atoms with Crippen LogP contribution in [0.25, 0.3) is 0 Å². The van der Waals surface area contributed by atoms with Gasteiger partial charge in [0.1, 0.15) is 0 Å². The minimum Gasteiger partial charge on any atom is -0.326 e. The third-order valence-corrected chi connectivity index (χ3v) is 3.86. The molecule has 2 fully saturated rings. The predicted molar refractivity (Wildman–Crippen MR) is 81.1 cm³/mol. The summed E-state index contributed by atoms with van der Waals surface area (Å²) in [5.74, 6) is 0.560. The van der Waals surface area contributed by atoms with Crippen molar-refractivity contribution in [3.63, 3.8) is 0 Å². The van der Waals surface area contributed by atoms with Crippen molar-refractivity contribution in [2.24, 2.45) is 16.9 Å². The van der Waals surface area contributed by atoms with Crippen LogP contribution < -0.4 is 10.7 Å². The minimum absolute atomic E-state index is 0.0665. The van der Waals surface area contributed by atoms with Gasteiger partial charge in [-0.05, 0) is 62.8 Å². The highest BCUT2D eigenvalue weighted by Crippen LogP contribution is 2.30. The predicted octanol–water partition coefficient (Wildman–Crippen LogP) is 2.55. The Hall–Kier alpha value is -2.17. The van der Waals surface area contributed by atoms with Crippen molar-refractivity contribution in [3.05, 3.63) is 29.8 Å². The van der Waals surface area contributed by atoms with Crippen LogP contribution in [0, 0.1) is 11.8 Å². The van der Waals surface area contributed by atoms with Crippen LogP contribution >= 0.6 is 0 Å². The lowest BCUT2D eigenvalue weighted by atomic mass is 10.2. The van der Waals surface area contributed by atoms with Crippen molar-refractivity contribution < 1.29 is 9.59 Å². The molecule has 0 atom stereocenters. The van der Waals surface area contributed by atoms with Gasteiger partial charge in [-0.15, -0.1) is 0 Å². The summed E-state index contributed by atoms with van der Waals surface area (Å²) in [7, 11) is 0. The second-order valence-electron chi connectivity index (χ2n) is 5.81. The summed E-state index contributed by atoms with van der Waals surface area (Å²) >= 11 is 0. The monoisotopic (exact) mass is 285 g/mol. The topological polar surface area (TPSA) is 70.6 Å². The van der Waals surface area contributed by atoms with Crippen molar-refractivity contribution >= 4 is 23.2 Å². The van der Waals surface area contributed by atoms with Crippen LogP contribution in [0.15, 0.2) is 29.4 Å². The highest BCUT2D eigenvalue weighted by Gasteiger charge is 2.29. The highest BCUT2D eigenvalue weighted by atomic mass is 16.2. The maximum absolute atomic E-state index is 11.9. The molecule has 5 nitrogen and oxygen atoms in total. The maximum atomic E-state index is 11.9. The Bertz CT molecular complexity index is 584. The Labute approximate surface area is 123 Å². The van der Waals surface area contributed by atoms with E-state index in [9.17, 15) is 9.59 Å². The van der Waals surface area contributed by atoms with Gasteiger partial charge in [0, 0.05) is 22.9 Å². The molecule has 2 N–H and O–H groups in total. The van der Waals surface area contributed by atoms with E-state index in [0.29, 0.717) is 11.5 Å². The molecule has 0 aliphatic heterocycles. The molecule has 0 saturated heterocycles. The number of benzene rings is 1. The Kier molecular flexibility index (Phi) is 3.73. The fraction of sp³-hybridized carbons (Fsp3) is 0.438. The fourth-order valence-corrected chi connectivity index (χ4v) is 2.09.